The van der Waals surface area contributed by atoms with Crippen LogP contribution in [0.3, 0.4) is 0 Å². The third kappa shape index (κ3) is 2.90. The number of aryl methyl sites for hydroxylation is 2. The number of ether oxygens (including phenoxy) is 1. The van der Waals surface area contributed by atoms with Crippen LogP contribution in [0.2, 0.25) is 0 Å². The average Bonchev–Trinajstić information content (AvgIpc) is 2.35. The van der Waals surface area contributed by atoms with Crippen LogP contribution < -0.4 is 16.0 Å². The third-order valence-corrected chi connectivity index (χ3v) is 2.64. The summed E-state index contributed by atoms with van der Waals surface area (Å²) in [6.45, 7) is 3.58. The number of aromatic nitrogens is 2. The van der Waals surface area contributed by atoms with E-state index in [2.05, 4.69) is 9.97 Å². The molecule has 1 aromatic heterocycles. The molecule has 1 heterocycles. The van der Waals surface area contributed by atoms with Crippen molar-refractivity contribution in [3.63, 3.8) is 0 Å². The number of nitrogens with two attached hydrogens (primary N) is 1. The Morgan fingerprint density at radius 3 is 2.84 bits per heavy atom. The second-order valence-electron chi connectivity index (χ2n) is 4.13. The number of benzene rings is 1. The summed E-state index contributed by atoms with van der Waals surface area (Å²) in [6.07, 6.45) is 0.551. The number of nitrogens with one attached hydrogen (secondary N) is 1. The predicted molar refractivity (Wildman–Crippen MR) is 69.9 cm³/mol. The van der Waals surface area contributed by atoms with Gasteiger partial charge in [-0.15, -0.1) is 0 Å². The Labute approximate surface area is 109 Å². The number of nitrogens with zero attached hydrogens (tertiary/aromatic N) is 1. The fourth-order valence-corrected chi connectivity index (χ4v) is 1.56. The molecule has 0 radical (unpaired) electrons. The first-order valence-corrected chi connectivity index (χ1v) is 5.83. The van der Waals surface area contributed by atoms with Gasteiger partial charge in [0.15, 0.2) is 11.6 Å². The van der Waals surface area contributed by atoms with Gasteiger partial charge in [-0.25, -0.2) is 4.39 Å². The highest BCUT2D eigenvalue weighted by Gasteiger charge is 2.09. The van der Waals surface area contributed by atoms with Gasteiger partial charge >= 0.3 is 0 Å². The van der Waals surface area contributed by atoms with Crippen LogP contribution in [0.1, 0.15) is 18.3 Å². The number of halogens is 1. The third-order valence-electron chi connectivity index (χ3n) is 2.64. The molecule has 19 heavy (non-hydrogen) atoms. The Bertz CT molecular complexity index is 667. The smallest absolute Gasteiger partial charge is 0.254 e. The first kappa shape index (κ1) is 13.1. The van der Waals surface area contributed by atoms with E-state index >= 15 is 0 Å². The van der Waals surface area contributed by atoms with Crippen molar-refractivity contribution in [3.8, 4) is 11.6 Å². The largest absolute Gasteiger partial charge is 0.436 e. The van der Waals surface area contributed by atoms with Gasteiger partial charge in [0.2, 0.25) is 5.88 Å². The molecule has 0 aliphatic carbocycles. The van der Waals surface area contributed by atoms with E-state index < -0.39 is 5.82 Å². The van der Waals surface area contributed by atoms with Crippen molar-refractivity contribution in [1.29, 1.82) is 0 Å². The summed E-state index contributed by atoms with van der Waals surface area (Å²) in [5, 5.41) is 0. The molecule has 1 aromatic carbocycles. The highest BCUT2D eigenvalue weighted by atomic mass is 19.1. The zero-order valence-corrected chi connectivity index (χ0v) is 10.7. The molecule has 0 aliphatic heterocycles. The molecule has 2 rings (SSSR count). The maximum Gasteiger partial charge on any atom is 0.254 e. The molecule has 2 aromatic rings. The normalized spacial score (nSPS) is 10.5. The van der Waals surface area contributed by atoms with E-state index in [1.807, 2.05) is 6.92 Å². The zero-order chi connectivity index (χ0) is 14.0. The lowest BCUT2D eigenvalue weighted by atomic mass is 10.2. The van der Waals surface area contributed by atoms with E-state index in [0.717, 1.165) is 0 Å². The van der Waals surface area contributed by atoms with Crippen molar-refractivity contribution in [2.75, 3.05) is 5.73 Å². The number of rotatable bonds is 3. The van der Waals surface area contributed by atoms with Crippen LogP contribution in [0.5, 0.6) is 11.6 Å². The van der Waals surface area contributed by atoms with Gasteiger partial charge in [-0.05, 0) is 18.6 Å². The lowest BCUT2D eigenvalue weighted by Crippen LogP contribution is -2.10. The molecule has 3 N–H and O–H groups in total. The number of hydrogen-bond donors (Lipinski definition) is 2. The minimum atomic E-state index is -0.594. The van der Waals surface area contributed by atoms with Crippen LogP contribution in [-0.2, 0) is 6.42 Å². The number of anilines is 1. The van der Waals surface area contributed by atoms with Gasteiger partial charge in [-0.1, -0.05) is 6.92 Å². The van der Waals surface area contributed by atoms with Gasteiger partial charge in [0.05, 0.1) is 6.07 Å². The second kappa shape index (κ2) is 5.09. The molecule has 0 unspecified atom stereocenters. The fourth-order valence-electron chi connectivity index (χ4n) is 1.56. The van der Waals surface area contributed by atoms with Crippen LogP contribution >= 0.6 is 0 Å². The van der Waals surface area contributed by atoms with E-state index in [1.165, 1.54) is 18.2 Å². The van der Waals surface area contributed by atoms with Crippen molar-refractivity contribution in [2.45, 2.75) is 20.3 Å². The molecule has 6 heteroatoms. The summed E-state index contributed by atoms with van der Waals surface area (Å²) in [5.41, 5.74) is 6.28. The number of aromatic amines is 1. The van der Waals surface area contributed by atoms with Crippen LogP contribution in [0.25, 0.3) is 0 Å². The van der Waals surface area contributed by atoms with Crippen molar-refractivity contribution in [1.82, 2.24) is 9.97 Å². The van der Waals surface area contributed by atoms with Crippen LogP contribution in [-0.4, -0.2) is 9.97 Å². The lowest BCUT2D eigenvalue weighted by Gasteiger charge is -2.09. The van der Waals surface area contributed by atoms with Crippen molar-refractivity contribution < 1.29 is 9.13 Å². The minimum Gasteiger partial charge on any atom is -0.436 e. The number of nitrogen functional groups attached to an aromatic ring is 1. The maximum absolute atomic E-state index is 13.7. The molecular weight excluding hydrogens is 249 g/mol. The number of H-pyrrole nitrogens is 1. The van der Waals surface area contributed by atoms with Crippen LogP contribution in [0.15, 0.2) is 23.0 Å². The summed E-state index contributed by atoms with van der Waals surface area (Å²) in [5.74, 6) is -0.0613. The van der Waals surface area contributed by atoms with E-state index in [4.69, 9.17) is 10.5 Å². The quantitative estimate of drug-likeness (QED) is 0.831. The Balaban J connectivity index is 2.38. The van der Waals surface area contributed by atoms with Crippen molar-refractivity contribution in [2.24, 2.45) is 0 Å². The first-order valence-electron chi connectivity index (χ1n) is 5.83. The minimum absolute atomic E-state index is 0.00754. The molecule has 0 amide bonds. The van der Waals surface area contributed by atoms with E-state index in [-0.39, 0.29) is 17.2 Å². The summed E-state index contributed by atoms with van der Waals surface area (Å²) in [4.78, 5) is 18.0. The molecule has 5 nitrogen and oxygen atoms in total. The summed E-state index contributed by atoms with van der Waals surface area (Å²) < 4.78 is 19.0. The Morgan fingerprint density at radius 1 is 1.42 bits per heavy atom. The molecule has 0 bridgehead atoms. The van der Waals surface area contributed by atoms with E-state index in [1.54, 1.807) is 6.92 Å². The van der Waals surface area contributed by atoms with Gasteiger partial charge < -0.3 is 15.5 Å². The lowest BCUT2D eigenvalue weighted by molar-refractivity contribution is 0.423. The molecule has 0 saturated carbocycles. The zero-order valence-electron chi connectivity index (χ0n) is 10.7. The average molecular weight is 263 g/mol. The highest BCUT2D eigenvalue weighted by Crippen LogP contribution is 2.26. The van der Waals surface area contributed by atoms with Crippen LogP contribution in [0, 0.1) is 12.7 Å². The van der Waals surface area contributed by atoms with E-state index in [9.17, 15) is 9.18 Å². The topological polar surface area (TPSA) is 81.0 Å². The molecule has 0 saturated heterocycles. The van der Waals surface area contributed by atoms with Gasteiger partial charge in [-0.2, -0.15) is 4.98 Å². The standard InChI is InChI=1S/C13H14FN3O2/c1-3-11-16-12(18)6-13(17-11)19-10-4-7(2)9(15)5-8(10)14/h4-6H,3,15H2,1-2H3,(H,16,17,18). The predicted octanol–water partition coefficient (Wildman–Crippen LogP) is 2.15. The molecule has 0 atom stereocenters. The molecule has 0 fully saturated rings. The summed E-state index contributed by atoms with van der Waals surface area (Å²) in [7, 11) is 0. The Hall–Kier alpha value is -2.37. The fraction of sp³-hybridized carbons (Fsp3) is 0.231. The Morgan fingerprint density at radius 2 is 2.16 bits per heavy atom. The Kier molecular flexibility index (Phi) is 3.50. The number of hydrogen-bond acceptors (Lipinski definition) is 4. The van der Waals surface area contributed by atoms with E-state index in [0.29, 0.717) is 23.5 Å². The van der Waals surface area contributed by atoms with Crippen molar-refractivity contribution in [3.05, 3.63) is 45.8 Å². The highest BCUT2D eigenvalue weighted by molar-refractivity contribution is 5.50. The molecule has 0 aliphatic rings. The van der Waals surface area contributed by atoms with Gasteiger partial charge in [0, 0.05) is 18.2 Å². The summed E-state index contributed by atoms with van der Waals surface area (Å²) in [6, 6.07) is 3.82. The first-order chi connectivity index (χ1) is 8.99. The molecule has 100 valence electrons. The van der Waals surface area contributed by atoms with Gasteiger partial charge in [0.1, 0.15) is 5.82 Å². The van der Waals surface area contributed by atoms with Gasteiger partial charge in [0.25, 0.3) is 5.56 Å². The monoisotopic (exact) mass is 263 g/mol. The van der Waals surface area contributed by atoms with Gasteiger partial charge in [-0.3, -0.25) is 4.79 Å². The summed E-state index contributed by atoms with van der Waals surface area (Å²) >= 11 is 0. The second-order valence-corrected chi connectivity index (χ2v) is 4.13. The molecular formula is C13H14FN3O2. The van der Waals surface area contributed by atoms with Crippen LogP contribution in [0.4, 0.5) is 10.1 Å². The molecule has 0 spiro atoms. The maximum atomic E-state index is 13.7. The van der Waals surface area contributed by atoms with Crippen molar-refractivity contribution >= 4 is 5.69 Å². The SMILES string of the molecule is CCc1nc(Oc2cc(C)c(N)cc2F)cc(=O)[nH]1.